The maximum absolute atomic E-state index is 11.0. The molecule has 2 N–H and O–H groups in total. The van der Waals surface area contributed by atoms with Gasteiger partial charge in [0, 0.05) is 27.2 Å². The van der Waals surface area contributed by atoms with Gasteiger partial charge in [0.15, 0.2) is 26.8 Å². The number of nitrogens with zero attached hydrogens (tertiary/aromatic N) is 9. The number of nitrogens with one attached hydrogen (secondary N) is 2. The van der Waals surface area contributed by atoms with Gasteiger partial charge in [0.2, 0.25) is 5.13 Å². The third-order valence-electron chi connectivity index (χ3n) is 7.09. The number of hydrogen-bond acceptors (Lipinski definition) is 13. The van der Waals surface area contributed by atoms with Crippen molar-refractivity contribution < 1.29 is 9.66 Å². The second kappa shape index (κ2) is 18.5. The van der Waals surface area contributed by atoms with Crippen LogP contribution in [0.3, 0.4) is 0 Å². The zero-order valence-corrected chi connectivity index (χ0v) is 32.5. The van der Waals surface area contributed by atoms with Crippen molar-refractivity contribution in [3.8, 4) is 11.8 Å². The van der Waals surface area contributed by atoms with Gasteiger partial charge in [-0.1, -0.05) is 94.1 Å². The molecule has 54 heavy (non-hydrogen) atoms. The molecule has 14 nitrogen and oxygen atoms in total. The summed E-state index contributed by atoms with van der Waals surface area (Å²) in [5.74, 6) is 1.71. The number of methoxy groups -OCH3 is 1. The fourth-order valence-corrected chi connectivity index (χ4v) is 5.72. The lowest BCUT2D eigenvalue weighted by atomic mass is 10.1. The van der Waals surface area contributed by atoms with Gasteiger partial charge in [0.1, 0.15) is 16.3 Å². The third-order valence-corrected chi connectivity index (χ3v) is 9.15. The van der Waals surface area contributed by atoms with Crippen molar-refractivity contribution in [3.05, 3.63) is 120 Å². The molecule has 2 aliphatic rings. The van der Waals surface area contributed by atoms with Crippen molar-refractivity contribution in [2.24, 2.45) is 4.99 Å². The number of nitriles is 1. The van der Waals surface area contributed by atoms with Gasteiger partial charge >= 0.3 is 5.70 Å². The number of ether oxygens (including phenoxy) is 1. The van der Waals surface area contributed by atoms with Crippen LogP contribution in [0.15, 0.2) is 98.8 Å². The molecule has 3 aromatic carbocycles. The second-order valence-electron chi connectivity index (χ2n) is 11.2. The lowest BCUT2D eigenvalue weighted by Crippen LogP contribution is -2.11. The number of para-hydroxylation sites is 4. The Morgan fingerprint density at radius 3 is 2.15 bits per heavy atom. The molecule has 1 fully saturated rings. The van der Waals surface area contributed by atoms with Gasteiger partial charge < -0.3 is 25.2 Å². The van der Waals surface area contributed by atoms with E-state index in [9.17, 15) is 15.4 Å². The van der Waals surface area contributed by atoms with Gasteiger partial charge in [-0.05, 0) is 48.0 Å². The van der Waals surface area contributed by atoms with E-state index in [0.29, 0.717) is 32.2 Å². The van der Waals surface area contributed by atoms with Crippen molar-refractivity contribution in [3.63, 3.8) is 0 Å². The Balaban J connectivity index is 0.000000159. The molecule has 5 aromatic rings. The maximum atomic E-state index is 11.0. The van der Waals surface area contributed by atoms with Crippen LogP contribution in [0.1, 0.15) is 10.6 Å². The number of fused-ring (bicyclic) bond motifs is 2. The number of aromatic nitrogens is 4. The van der Waals surface area contributed by atoms with Gasteiger partial charge in [0.05, 0.1) is 46.4 Å². The third kappa shape index (κ3) is 10.6. The van der Waals surface area contributed by atoms with Crippen molar-refractivity contribution >= 4 is 109 Å². The SMILES string of the molecule is COc1ccc(/C=C(\C#N)c2nnc(N=CN(C)C)s2)cc1.Clc1nc2ccccc2nc1N1CC1.O=[N+]([O-])C(=C1Nc2ccccc2N1)C(Cl)=C(Cl)Cl. The fourth-order valence-electron chi connectivity index (χ4n) is 4.47. The van der Waals surface area contributed by atoms with Crippen LogP contribution in [0.4, 0.5) is 22.3 Å². The minimum atomic E-state index is -0.658. The van der Waals surface area contributed by atoms with Crippen LogP contribution in [-0.4, -0.2) is 70.6 Å². The molecule has 19 heteroatoms. The normalized spacial score (nSPS) is 12.6. The first-order chi connectivity index (χ1) is 26.0. The Hall–Kier alpha value is -5.50. The molecule has 0 bridgehead atoms. The van der Waals surface area contributed by atoms with Crippen LogP contribution >= 0.6 is 57.7 Å². The highest BCUT2D eigenvalue weighted by Crippen LogP contribution is 2.35. The zero-order valence-electron chi connectivity index (χ0n) is 28.7. The van der Waals surface area contributed by atoms with Crippen molar-refractivity contribution in [2.75, 3.05) is 49.8 Å². The van der Waals surface area contributed by atoms with Crippen LogP contribution in [-0.2, 0) is 0 Å². The quantitative estimate of drug-likeness (QED) is 0.0381. The topological polar surface area (TPSA) is 170 Å². The van der Waals surface area contributed by atoms with E-state index in [-0.39, 0.29) is 15.3 Å². The van der Waals surface area contributed by atoms with E-state index in [0.717, 1.165) is 41.3 Å². The van der Waals surface area contributed by atoms with Gasteiger partial charge in [-0.25, -0.2) is 15.0 Å². The number of aliphatic imine (C=N–C) groups is 1. The Morgan fingerprint density at radius 1 is 1.00 bits per heavy atom. The fraction of sp³-hybridized carbons (Fsp3) is 0.143. The van der Waals surface area contributed by atoms with E-state index in [1.807, 2.05) is 62.6 Å². The molecule has 7 rings (SSSR count). The minimum absolute atomic E-state index is 0.130. The zero-order chi connectivity index (χ0) is 38.8. The van der Waals surface area contributed by atoms with E-state index < -0.39 is 10.6 Å². The van der Waals surface area contributed by atoms with Crippen molar-refractivity contribution in [1.29, 1.82) is 5.26 Å². The largest absolute Gasteiger partial charge is 0.497 e. The maximum Gasteiger partial charge on any atom is 0.330 e. The Bertz CT molecular complexity index is 2290. The lowest BCUT2D eigenvalue weighted by Gasteiger charge is -2.04. The number of benzene rings is 3. The number of hydrogen-bond donors (Lipinski definition) is 2. The van der Waals surface area contributed by atoms with Crippen LogP contribution in [0.2, 0.25) is 5.15 Å². The van der Waals surface area contributed by atoms with E-state index in [2.05, 4.69) is 46.8 Å². The standard InChI is InChI=1S/C15H15N5OS.C10H6Cl3N3O2.C10H8ClN3/c1-20(2)10-17-15-19-18-14(22-15)12(9-16)8-11-4-6-13(21-3)7-5-11;11-7(9(12)13)8(16(17)18)10-14-5-3-1-2-4-6(5)15-10;11-9-10(14-5-6-14)13-8-4-2-1-3-7(8)12-9/h4-8,10H,1-3H3;1-4,14-15H;1-4H,5-6H2/b12-8+,17-10?;;. The number of allylic oxidation sites excluding steroid dienone is 2. The van der Waals surface area contributed by atoms with Crippen LogP contribution in [0.25, 0.3) is 22.7 Å². The summed E-state index contributed by atoms with van der Waals surface area (Å²) in [6, 6.07) is 24.5. The van der Waals surface area contributed by atoms with Crippen LogP contribution < -0.4 is 20.3 Å². The molecule has 0 saturated carbocycles. The van der Waals surface area contributed by atoms with E-state index in [1.165, 1.54) is 11.3 Å². The Labute approximate surface area is 333 Å². The smallest absolute Gasteiger partial charge is 0.330 e. The molecule has 0 atom stereocenters. The predicted molar refractivity (Wildman–Crippen MR) is 217 cm³/mol. The summed E-state index contributed by atoms with van der Waals surface area (Å²) in [6.07, 6.45) is 3.41. The summed E-state index contributed by atoms with van der Waals surface area (Å²) in [5.41, 5.74) is 4.11. The summed E-state index contributed by atoms with van der Waals surface area (Å²) in [6.45, 7) is 2.07. The summed E-state index contributed by atoms with van der Waals surface area (Å²) in [7, 11) is 5.36. The minimum Gasteiger partial charge on any atom is -0.497 e. The molecule has 1 saturated heterocycles. The molecule has 0 unspecified atom stereocenters. The molecule has 0 radical (unpaired) electrons. The average Bonchev–Trinajstić information content (AvgIpc) is 3.74. The molecule has 0 amide bonds. The molecule has 2 aliphatic heterocycles. The summed E-state index contributed by atoms with van der Waals surface area (Å²) < 4.78 is 4.74. The average molecular weight is 826 g/mol. The molecular formula is C35H29Cl4N11O3S. The first kappa shape index (κ1) is 39.7. The summed E-state index contributed by atoms with van der Waals surface area (Å²) in [4.78, 5) is 27.2. The van der Waals surface area contributed by atoms with Crippen molar-refractivity contribution in [2.45, 2.75) is 0 Å². The van der Waals surface area contributed by atoms with E-state index in [1.54, 1.807) is 48.7 Å². The highest BCUT2D eigenvalue weighted by Gasteiger charge is 2.29. The first-order valence-corrected chi connectivity index (χ1v) is 18.0. The van der Waals surface area contributed by atoms with Crippen LogP contribution in [0, 0.1) is 21.4 Å². The monoisotopic (exact) mass is 823 g/mol. The van der Waals surface area contributed by atoms with Gasteiger partial charge in [-0.15, -0.1) is 10.2 Å². The highest BCUT2D eigenvalue weighted by atomic mass is 35.5. The lowest BCUT2D eigenvalue weighted by molar-refractivity contribution is -0.420. The van der Waals surface area contributed by atoms with Gasteiger partial charge in [-0.2, -0.15) is 5.26 Å². The molecule has 2 aromatic heterocycles. The molecule has 0 spiro atoms. The van der Waals surface area contributed by atoms with Gasteiger partial charge in [-0.3, -0.25) is 10.1 Å². The van der Waals surface area contributed by atoms with E-state index in [4.69, 9.17) is 51.1 Å². The van der Waals surface area contributed by atoms with Crippen LogP contribution in [0.5, 0.6) is 5.75 Å². The second-order valence-corrected chi connectivity index (χ2v) is 13.8. The molecule has 0 aliphatic carbocycles. The number of rotatable bonds is 8. The molecule has 4 heterocycles. The predicted octanol–water partition coefficient (Wildman–Crippen LogP) is 8.79. The summed E-state index contributed by atoms with van der Waals surface area (Å²) in [5, 5.41) is 35.2. The Kier molecular flexibility index (Phi) is 13.6. The number of halogens is 4. The van der Waals surface area contributed by atoms with Crippen molar-refractivity contribution in [1.82, 2.24) is 25.1 Å². The first-order valence-electron chi connectivity index (χ1n) is 15.7. The van der Waals surface area contributed by atoms with Gasteiger partial charge in [0.25, 0.3) is 0 Å². The number of nitro groups is 1. The Morgan fingerprint density at radius 2 is 1.61 bits per heavy atom. The highest BCUT2D eigenvalue weighted by molar-refractivity contribution is 7.16. The summed E-state index contributed by atoms with van der Waals surface area (Å²) >= 11 is 24.0. The molecular weight excluding hydrogens is 796 g/mol. The van der Waals surface area contributed by atoms with E-state index >= 15 is 0 Å². The number of anilines is 3. The molecule has 276 valence electrons.